The van der Waals surface area contributed by atoms with Crippen LogP contribution in [0.5, 0.6) is 5.75 Å². The third kappa shape index (κ3) is 3.27. The average Bonchev–Trinajstić information content (AvgIpc) is 2.86. The summed E-state index contributed by atoms with van der Waals surface area (Å²) in [4.78, 5) is 23.6. The fraction of sp³-hybridized carbons (Fsp3) is 0.143. The van der Waals surface area contributed by atoms with Gasteiger partial charge in [0.05, 0.1) is 6.61 Å². The van der Waals surface area contributed by atoms with E-state index < -0.39 is 11.9 Å². The van der Waals surface area contributed by atoms with Crippen molar-refractivity contribution in [2.24, 2.45) is 0 Å². The van der Waals surface area contributed by atoms with E-state index in [9.17, 15) is 9.59 Å². The van der Waals surface area contributed by atoms with Crippen molar-refractivity contribution in [2.75, 3.05) is 6.61 Å². The summed E-state index contributed by atoms with van der Waals surface area (Å²) in [5.74, 6) is -1.07. The van der Waals surface area contributed by atoms with Crippen molar-refractivity contribution in [3.05, 3.63) is 52.4 Å². The molecule has 1 aromatic carbocycles. The van der Waals surface area contributed by atoms with E-state index in [2.05, 4.69) is 15.9 Å². The lowest BCUT2D eigenvalue weighted by Crippen LogP contribution is -2.12. The van der Waals surface area contributed by atoms with Crippen LogP contribution in [0.4, 0.5) is 0 Å². The second-order valence-corrected chi connectivity index (χ2v) is 4.49. The Hall–Kier alpha value is -2.08. The molecule has 0 saturated carbocycles. The van der Waals surface area contributed by atoms with E-state index in [4.69, 9.17) is 13.9 Å². The summed E-state index contributed by atoms with van der Waals surface area (Å²) in [5.41, 5.74) is 0.188. The summed E-state index contributed by atoms with van der Waals surface area (Å²) >= 11 is 3.10. The molecule has 0 N–H and O–H groups in total. The predicted molar refractivity (Wildman–Crippen MR) is 73.8 cm³/mol. The number of carbonyl (C=O) groups is 2. The van der Waals surface area contributed by atoms with Gasteiger partial charge in [0, 0.05) is 0 Å². The van der Waals surface area contributed by atoms with Gasteiger partial charge in [-0.2, -0.15) is 0 Å². The average molecular weight is 339 g/mol. The zero-order chi connectivity index (χ0) is 14.5. The molecule has 6 heteroatoms. The first-order chi connectivity index (χ1) is 9.61. The van der Waals surface area contributed by atoms with Crippen LogP contribution >= 0.6 is 15.9 Å². The van der Waals surface area contributed by atoms with E-state index >= 15 is 0 Å². The maximum atomic E-state index is 11.9. The molecule has 104 valence electrons. The lowest BCUT2D eigenvalue weighted by molar-refractivity contribution is 0.0519. The van der Waals surface area contributed by atoms with Gasteiger partial charge >= 0.3 is 11.9 Å². The molecule has 0 aliphatic rings. The van der Waals surface area contributed by atoms with Gasteiger partial charge < -0.3 is 13.9 Å². The van der Waals surface area contributed by atoms with Gasteiger partial charge in [0.1, 0.15) is 11.3 Å². The molecule has 0 aliphatic carbocycles. The molecule has 2 aromatic rings. The first-order valence-electron chi connectivity index (χ1n) is 5.85. The van der Waals surface area contributed by atoms with Gasteiger partial charge in [-0.1, -0.05) is 12.1 Å². The molecule has 0 radical (unpaired) electrons. The maximum absolute atomic E-state index is 11.9. The highest BCUT2D eigenvalue weighted by molar-refractivity contribution is 9.10. The summed E-state index contributed by atoms with van der Waals surface area (Å²) in [6, 6.07) is 9.41. The third-order valence-corrected chi connectivity index (χ3v) is 2.79. The molecule has 0 aliphatic heterocycles. The number of para-hydroxylation sites is 1. The molecule has 1 heterocycles. The number of hydrogen-bond acceptors (Lipinski definition) is 5. The van der Waals surface area contributed by atoms with Crippen LogP contribution in [0.15, 0.2) is 45.5 Å². The lowest BCUT2D eigenvalue weighted by atomic mass is 10.2. The molecule has 0 bridgehead atoms. The Kier molecular flexibility index (Phi) is 4.57. The van der Waals surface area contributed by atoms with Gasteiger partial charge in [0.25, 0.3) is 0 Å². The fourth-order valence-corrected chi connectivity index (χ4v) is 1.81. The van der Waals surface area contributed by atoms with E-state index in [1.165, 1.54) is 18.2 Å². The molecule has 2 rings (SSSR count). The lowest BCUT2D eigenvalue weighted by Gasteiger charge is -2.08. The van der Waals surface area contributed by atoms with Crippen molar-refractivity contribution in [3.63, 3.8) is 0 Å². The highest BCUT2D eigenvalue weighted by Gasteiger charge is 2.18. The van der Waals surface area contributed by atoms with Crippen molar-refractivity contribution in [1.82, 2.24) is 0 Å². The molecule has 20 heavy (non-hydrogen) atoms. The SMILES string of the molecule is CCOC(=O)c1ccccc1OC(=O)c1ccc(Br)o1. The Morgan fingerprint density at radius 1 is 1.15 bits per heavy atom. The minimum Gasteiger partial charge on any atom is -0.462 e. The van der Waals surface area contributed by atoms with Crippen molar-refractivity contribution < 1.29 is 23.5 Å². The highest BCUT2D eigenvalue weighted by atomic mass is 79.9. The van der Waals surface area contributed by atoms with Gasteiger partial charge in [-0.25, -0.2) is 9.59 Å². The van der Waals surface area contributed by atoms with Crippen LogP contribution < -0.4 is 4.74 Å². The molecule has 0 fully saturated rings. The first kappa shape index (κ1) is 14.3. The second kappa shape index (κ2) is 6.38. The Balaban J connectivity index is 2.21. The molecule has 5 nitrogen and oxygen atoms in total. The summed E-state index contributed by atoms with van der Waals surface area (Å²) in [6.45, 7) is 1.94. The predicted octanol–water partition coefficient (Wildman–Crippen LogP) is 3.44. The molecule has 0 amide bonds. The number of furan rings is 1. The monoisotopic (exact) mass is 338 g/mol. The topological polar surface area (TPSA) is 65.7 Å². The Bertz CT molecular complexity index is 632. The van der Waals surface area contributed by atoms with E-state index in [-0.39, 0.29) is 23.7 Å². The number of hydrogen-bond donors (Lipinski definition) is 0. The highest BCUT2D eigenvalue weighted by Crippen LogP contribution is 2.21. The maximum Gasteiger partial charge on any atom is 0.379 e. The number of benzene rings is 1. The van der Waals surface area contributed by atoms with Gasteiger partial charge in [-0.15, -0.1) is 0 Å². The van der Waals surface area contributed by atoms with Crippen molar-refractivity contribution in [2.45, 2.75) is 6.92 Å². The number of rotatable bonds is 4. The van der Waals surface area contributed by atoms with Crippen LogP contribution in [-0.2, 0) is 4.74 Å². The van der Waals surface area contributed by atoms with E-state index in [1.807, 2.05) is 0 Å². The number of ether oxygens (including phenoxy) is 2. The van der Waals surface area contributed by atoms with Crippen LogP contribution in [0.2, 0.25) is 0 Å². The molecule has 0 unspecified atom stereocenters. The first-order valence-corrected chi connectivity index (χ1v) is 6.64. The van der Waals surface area contributed by atoms with Gasteiger partial charge in [0.2, 0.25) is 5.76 Å². The van der Waals surface area contributed by atoms with Gasteiger partial charge in [0.15, 0.2) is 4.67 Å². The molecule has 0 atom stereocenters. The zero-order valence-corrected chi connectivity index (χ0v) is 12.2. The van der Waals surface area contributed by atoms with E-state index in [0.29, 0.717) is 4.67 Å². The second-order valence-electron chi connectivity index (χ2n) is 3.71. The summed E-state index contributed by atoms with van der Waals surface area (Å²) in [7, 11) is 0. The van der Waals surface area contributed by atoms with E-state index in [1.54, 1.807) is 25.1 Å². The van der Waals surface area contributed by atoms with Crippen molar-refractivity contribution >= 4 is 27.9 Å². The molecule has 1 aromatic heterocycles. The van der Waals surface area contributed by atoms with Gasteiger partial charge in [-0.05, 0) is 47.1 Å². The zero-order valence-electron chi connectivity index (χ0n) is 10.6. The van der Waals surface area contributed by atoms with Crippen molar-refractivity contribution in [3.8, 4) is 5.75 Å². The van der Waals surface area contributed by atoms with Crippen LogP contribution in [-0.4, -0.2) is 18.5 Å². The normalized spacial score (nSPS) is 10.1. The minimum atomic E-state index is -0.688. The molecular formula is C14H11BrO5. The molecule has 0 saturated heterocycles. The standard InChI is InChI=1S/C14H11BrO5/c1-2-18-13(16)9-5-3-4-6-10(9)20-14(17)11-7-8-12(15)19-11/h3-8H,2H2,1H3. The number of esters is 2. The van der Waals surface area contributed by atoms with Crippen molar-refractivity contribution in [1.29, 1.82) is 0 Å². The quantitative estimate of drug-likeness (QED) is 0.631. The third-order valence-electron chi connectivity index (χ3n) is 2.36. The number of halogens is 1. The Morgan fingerprint density at radius 3 is 2.55 bits per heavy atom. The number of carbonyl (C=O) groups excluding carboxylic acids is 2. The van der Waals surface area contributed by atoms with E-state index in [0.717, 1.165) is 0 Å². The van der Waals surface area contributed by atoms with Crippen LogP contribution in [0.3, 0.4) is 0 Å². The molecule has 0 spiro atoms. The van der Waals surface area contributed by atoms with Crippen LogP contribution in [0, 0.1) is 0 Å². The summed E-state index contributed by atoms with van der Waals surface area (Å²) in [5, 5.41) is 0. The minimum absolute atomic E-state index is 0.0375. The summed E-state index contributed by atoms with van der Waals surface area (Å²) < 4.78 is 15.6. The summed E-state index contributed by atoms with van der Waals surface area (Å²) in [6.07, 6.45) is 0. The fourth-order valence-electron chi connectivity index (χ4n) is 1.51. The molecular weight excluding hydrogens is 328 g/mol. The Morgan fingerprint density at radius 2 is 1.90 bits per heavy atom. The van der Waals surface area contributed by atoms with Crippen LogP contribution in [0.25, 0.3) is 0 Å². The Labute approximate surface area is 123 Å². The largest absolute Gasteiger partial charge is 0.462 e. The van der Waals surface area contributed by atoms with Gasteiger partial charge in [-0.3, -0.25) is 0 Å². The smallest absolute Gasteiger partial charge is 0.379 e. The van der Waals surface area contributed by atoms with Crippen LogP contribution in [0.1, 0.15) is 27.8 Å².